The second-order valence-electron chi connectivity index (χ2n) is 4.06. The Bertz CT molecular complexity index is 727. The summed E-state index contributed by atoms with van der Waals surface area (Å²) < 4.78 is 0. The van der Waals surface area contributed by atoms with Crippen LogP contribution in [0.5, 0.6) is 0 Å². The minimum Gasteiger partial charge on any atom is -0.330 e. The molecule has 0 unspecified atom stereocenters. The van der Waals surface area contributed by atoms with E-state index >= 15 is 0 Å². The third-order valence-electron chi connectivity index (χ3n) is 2.74. The number of halogens is 1. The van der Waals surface area contributed by atoms with Crippen LogP contribution in [0.15, 0.2) is 30.5 Å². The van der Waals surface area contributed by atoms with Crippen molar-refractivity contribution in [1.29, 1.82) is 0 Å². The van der Waals surface area contributed by atoms with Crippen molar-refractivity contribution in [2.75, 3.05) is 6.54 Å². The zero-order valence-corrected chi connectivity index (χ0v) is 10.4. The summed E-state index contributed by atoms with van der Waals surface area (Å²) in [7, 11) is 0. The molecule has 0 aliphatic rings. The lowest BCUT2D eigenvalue weighted by molar-refractivity contribution is 0.876. The van der Waals surface area contributed by atoms with Crippen LogP contribution in [-0.2, 0) is 6.42 Å². The molecule has 2 heterocycles. The molecule has 0 saturated heterocycles. The van der Waals surface area contributed by atoms with Crippen LogP contribution in [0.2, 0.25) is 5.02 Å². The lowest BCUT2D eigenvalue weighted by Crippen LogP contribution is -2.06. The summed E-state index contributed by atoms with van der Waals surface area (Å²) >= 11 is 5.96. The number of pyridine rings is 1. The molecule has 2 aromatic heterocycles. The Labute approximate surface area is 109 Å². The number of aromatic nitrogens is 3. The van der Waals surface area contributed by atoms with E-state index in [-0.39, 0.29) is 0 Å². The minimum absolute atomic E-state index is 0.536. The van der Waals surface area contributed by atoms with E-state index in [2.05, 4.69) is 15.0 Å². The predicted molar refractivity (Wildman–Crippen MR) is 72.6 cm³/mol. The van der Waals surface area contributed by atoms with Gasteiger partial charge in [0.15, 0.2) is 5.65 Å². The van der Waals surface area contributed by atoms with Crippen LogP contribution in [0, 0.1) is 0 Å². The molecule has 2 N–H and O–H groups in total. The van der Waals surface area contributed by atoms with Crippen LogP contribution >= 0.6 is 11.6 Å². The van der Waals surface area contributed by atoms with Crippen LogP contribution < -0.4 is 5.73 Å². The van der Waals surface area contributed by atoms with E-state index in [9.17, 15) is 0 Å². The number of hydrogen-bond donors (Lipinski definition) is 1. The first-order chi connectivity index (χ1) is 8.76. The Balaban J connectivity index is 2.24. The molecule has 3 aromatic rings. The smallest absolute Gasteiger partial charge is 0.163 e. The third kappa shape index (κ3) is 2.00. The van der Waals surface area contributed by atoms with E-state index in [4.69, 9.17) is 17.3 Å². The highest BCUT2D eigenvalue weighted by molar-refractivity contribution is 6.31. The van der Waals surface area contributed by atoms with Gasteiger partial charge < -0.3 is 5.73 Å². The SMILES string of the molecule is NCCc1ncc2cc3cc(Cl)ccc3nc2n1. The summed E-state index contributed by atoms with van der Waals surface area (Å²) in [5, 5.41) is 2.60. The predicted octanol–water partition coefficient (Wildman–Crippen LogP) is 2.33. The number of benzene rings is 1. The monoisotopic (exact) mass is 258 g/mol. The van der Waals surface area contributed by atoms with Crippen molar-refractivity contribution in [1.82, 2.24) is 15.0 Å². The highest BCUT2D eigenvalue weighted by Crippen LogP contribution is 2.21. The van der Waals surface area contributed by atoms with E-state index in [1.165, 1.54) is 0 Å². The van der Waals surface area contributed by atoms with Gasteiger partial charge in [-0.2, -0.15) is 0 Å². The normalized spacial score (nSPS) is 11.2. The summed E-state index contributed by atoms with van der Waals surface area (Å²) in [4.78, 5) is 13.2. The highest BCUT2D eigenvalue weighted by Gasteiger charge is 2.04. The molecule has 1 aromatic carbocycles. The van der Waals surface area contributed by atoms with Crippen LogP contribution in [0.25, 0.3) is 21.9 Å². The zero-order chi connectivity index (χ0) is 12.5. The molecule has 0 aliphatic carbocycles. The number of hydrogen-bond acceptors (Lipinski definition) is 4. The molecule has 0 aliphatic heterocycles. The van der Waals surface area contributed by atoms with Crippen LogP contribution in [0.3, 0.4) is 0 Å². The van der Waals surface area contributed by atoms with Gasteiger partial charge in [0, 0.05) is 28.4 Å². The van der Waals surface area contributed by atoms with Gasteiger partial charge in [0.25, 0.3) is 0 Å². The van der Waals surface area contributed by atoms with Crippen LogP contribution in [0.4, 0.5) is 0 Å². The maximum atomic E-state index is 5.96. The fourth-order valence-corrected chi connectivity index (χ4v) is 2.06. The first-order valence-electron chi connectivity index (χ1n) is 5.68. The minimum atomic E-state index is 0.536. The van der Waals surface area contributed by atoms with Gasteiger partial charge in [-0.3, -0.25) is 0 Å². The van der Waals surface area contributed by atoms with Crippen molar-refractivity contribution in [3.63, 3.8) is 0 Å². The van der Waals surface area contributed by atoms with Gasteiger partial charge in [-0.05, 0) is 30.8 Å². The Kier molecular flexibility index (Phi) is 2.81. The number of fused-ring (bicyclic) bond motifs is 2. The first kappa shape index (κ1) is 11.3. The average Bonchev–Trinajstić information content (AvgIpc) is 2.37. The summed E-state index contributed by atoms with van der Waals surface area (Å²) in [6, 6.07) is 7.60. The second kappa shape index (κ2) is 4.48. The topological polar surface area (TPSA) is 64.7 Å². The van der Waals surface area contributed by atoms with Crippen molar-refractivity contribution < 1.29 is 0 Å². The number of nitrogens with two attached hydrogens (primary N) is 1. The molecule has 90 valence electrons. The molecule has 0 bridgehead atoms. The van der Waals surface area contributed by atoms with E-state index in [0.29, 0.717) is 23.6 Å². The summed E-state index contributed by atoms with van der Waals surface area (Å²) in [5.41, 5.74) is 7.07. The van der Waals surface area contributed by atoms with Crippen molar-refractivity contribution in [3.8, 4) is 0 Å². The lowest BCUT2D eigenvalue weighted by atomic mass is 10.2. The Morgan fingerprint density at radius 3 is 2.83 bits per heavy atom. The van der Waals surface area contributed by atoms with Gasteiger partial charge in [-0.15, -0.1) is 0 Å². The van der Waals surface area contributed by atoms with Crippen molar-refractivity contribution in [2.24, 2.45) is 5.73 Å². The maximum Gasteiger partial charge on any atom is 0.163 e. The van der Waals surface area contributed by atoms with Gasteiger partial charge in [0.1, 0.15) is 5.82 Å². The van der Waals surface area contributed by atoms with Crippen molar-refractivity contribution >= 4 is 33.5 Å². The molecule has 5 heteroatoms. The second-order valence-corrected chi connectivity index (χ2v) is 4.50. The van der Waals surface area contributed by atoms with Crippen LogP contribution in [0.1, 0.15) is 5.82 Å². The number of nitrogens with zero attached hydrogens (tertiary/aromatic N) is 3. The van der Waals surface area contributed by atoms with Gasteiger partial charge in [0.2, 0.25) is 0 Å². The van der Waals surface area contributed by atoms with Crippen LogP contribution in [-0.4, -0.2) is 21.5 Å². The van der Waals surface area contributed by atoms with Crippen molar-refractivity contribution in [3.05, 3.63) is 41.3 Å². The van der Waals surface area contributed by atoms with Crippen molar-refractivity contribution in [2.45, 2.75) is 6.42 Å². The average molecular weight is 259 g/mol. The third-order valence-corrected chi connectivity index (χ3v) is 2.98. The van der Waals surface area contributed by atoms with Gasteiger partial charge >= 0.3 is 0 Å². The van der Waals surface area contributed by atoms with Gasteiger partial charge in [-0.25, -0.2) is 15.0 Å². The van der Waals surface area contributed by atoms with E-state index < -0.39 is 0 Å². The standard InChI is InChI=1S/C13H11ClN4/c14-10-1-2-11-8(6-10)5-9-7-16-12(3-4-15)18-13(9)17-11/h1-2,5-7H,3-4,15H2. The molecule has 3 rings (SSSR count). The summed E-state index contributed by atoms with van der Waals surface area (Å²) in [6.07, 6.45) is 2.44. The Morgan fingerprint density at radius 1 is 1.11 bits per heavy atom. The fourth-order valence-electron chi connectivity index (χ4n) is 1.88. The van der Waals surface area contributed by atoms with E-state index in [1.54, 1.807) is 6.20 Å². The molecule has 0 saturated carbocycles. The largest absolute Gasteiger partial charge is 0.330 e. The molecule has 0 atom stereocenters. The summed E-state index contributed by atoms with van der Waals surface area (Å²) in [6.45, 7) is 0.536. The molecule has 18 heavy (non-hydrogen) atoms. The molecule has 4 nitrogen and oxygen atoms in total. The first-order valence-corrected chi connectivity index (χ1v) is 6.06. The van der Waals surface area contributed by atoms with E-state index in [0.717, 1.165) is 22.1 Å². The molecule has 0 fully saturated rings. The van der Waals surface area contributed by atoms with Gasteiger partial charge in [0.05, 0.1) is 5.52 Å². The number of rotatable bonds is 2. The molecular weight excluding hydrogens is 248 g/mol. The lowest BCUT2D eigenvalue weighted by Gasteiger charge is -2.03. The van der Waals surface area contributed by atoms with Gasteiger partial charge in [-0.1, -0.05) is 11.6 Å². The molecular formula is C13H11ClN4. The quantitative estimate of drug-likeness (QED) is 0.717. The maximum absolute atomic E-state index is 5.96. The van der Waals surface area contributed by atoms with E-state index in [1.807, 2.05) is 24.3 Å². The fraction of sp³-hybridized carbons (Fsp3) is 0.154. The molecule has 0 amide bonds. The summed E-state index contributed by atoms with van der Waals surface area (Å²) in [5.74, 6) is 0.728. The molecule has 0 radical (unpaired) electrons. The zero-order valence-electron chi connectivity index (χ0n) is 9.60. The molecule has 0 spiro atoms. The Morgan fingerprint density at radius 2 is 2.00 bits per heavy atom. The Hall–Kier alpha value is -1.78. The highest BCUT2D eigenvalue weighted by atomic mass is 35.5.